The normalized spacial score (nSPS) is 13.3. The number of nitrogens with one attached hydrogen (secondary N) is 1. The highest BCUT2D eigenvalue weighted by Gasteiger charge is 2.33. The third kappa shape index (κ3) is 7.44. The molecule has 0 saturated heterocycles. The first-order valence-electron chi connectivity index (χ1n) is 13.0. The van der Waals surface area contributed by atoms with Gasteiger partial charge in [-0.2, -0.15) is 0 Å². The number of carbonyl (C=O) groups is 2. The fourth-order valence-corrected chi connectivity index (χ4v) is 5.84. The zero-order valence-electron chi connectivity index (χ0n) is 22.7. The van der Waals surface area contributed by atoms with Crippen LogP contribution in [0.3, 0.4) is 0 Å². The number of nitrogens with zero attached hydrogens (tertiary/aromatic N) is 2. The van der Waals surface area contributed by atoms with Gasteiger partial charge in [-0.25, -0.2) is 8.42 Å². The number of halogens is 2. The highest BCUT2D eigenvalue weighted by molar-refractivity contribution is 7.92. The van der Waals surface area contributed by atoms with Crippen LogP contribution < -0.4 is 19.1 Å². The molecule has 0 saturated carbocycles. The van der Waals surface area contributed by atoms with Crippen LogP contribution in [0.4, 0.5) is 5.69 Å². The Labute approximate surface area is 250 Å². The minimum atomic E-state index is -3.91. The summed E-state index contributed by atoms with van der Waals surface area (Å²) in [6, 6.07) is 18.0. The van der Waals surface area contributed by atoms with Crippen molar-refractivity contribution in [3.8, 4) is 11.5 Å². The summed E-state index contributed by atoms with van der Waals surface area (Å²) in [5, 5.41) is 3.29. The average molecular weight is 621 g/mol. The second kappa shape index (κ2) is 13.5. The van der Waals surface area contributed by atoms with Gasteiger partial charge in [0.25, 0.3) is 0 Å². The molecule has 0 unspecified atom stereocenters. The molecule has 3 aromatic carbocycles. The van der Waals surface area contributed by atoms with E-state index < -0.39 is 34.4 Å². The van der Waals surface area contributed by atoms with Gasteiger partial charge in [0.2, 0.25) is 21.8 Å². The topological polar surface area (TPSA) is 105 Å². The molecule has 4 rings (SSSR count). The summed E-state index contributed by atoms with van der Waals surface area (Å²) in [5.41, 5.74) is 1.70. The number of hydrogen-bond donors (Lipinski definition) is 1. The van der Waals surface area contributed by atoms with Crippen molar-refractivity contribution < 1.29 is 27.5 Å². The van der Waals surface area contributed by atoms with Gasteiger partial charge < -0.3 is 19.7 Å². The first-order chi connectivity index (χ1) is 19.6. The Morgan fingerprint density at radius 2 is 1.63 bits per heavy atom. The van der Waals surface area contributed by atoms with Gasteiger partial charge >= 0.3 is 0 Å². The van der Waals surface area contributed by atoms with Crippen LogP contribution in [-0.4, -0.2) is 63.7 Å². The first kappa shape index (κ1) is 30.5. The van der Waals surface area contributed by atoms with Crippen LogP contribution in [0.25, 0.3) is 0 Å². The zero-order chi connectivity index (χ0) is 29.6. The molecule has 0 fully saturated rings. The smallest absolute Gasteiger partial charge is 0.244 e. The number of amides is 2. The first-order valence-corrected chi connectivity index (χ1v) is 15.4. The van der Waals surface area contributed by atoms with E-state index in [2.05, 4.69) is 5.32 Å². The van der Waals surface area contributed by atoms with E-state index in [4.69, 9.17) is 32.7 Å². The molecule has 0 bridgehead atoms. The Balaban J connectivity index is 1.74. The van der Waals surface area contributed by atoms with Crippen LogP contribution >= 0.6 is 23.2 Å². The Hall–Kier alpha value is -3.47. The van der Waals surface area contributed by atoms with Gasteiger partial charge in [0.1, 0.15) is 25.8 Å². The van der Waals surface area contributed by atoms with Gasteiger partial charge in [0.15, 0.2) is 11.5 Å². The van der Waals surface area contributed by atoms with Crippen molar-refractivity contribution in [2.24, 2.45) is 0 Å². The molecule has 2 amide bonds. The van der Waals surface area contributed by atoms with Crippen molar-refractivity contribution in [2.45, 2.75) is 25.9 Å². The van der Waals surface area contributed by atoms with Crippen molar-refractivity contribution in [2.75, 3.05) is 36.9 Å². The largest absolute Gasteiger partial charge is 0.486 e. The quantitative estimate of drug-likeness (QED) is 0.343. The Morgan fingerprint density at radius 3 is 2.29 bits per heavy atom. The van der Waals surface area contributed by atoms with Gasteiger partial charge in [-0.15, -0.1) is 0 Å². The van der Waals surface area contributed by atoms with E-state index in [1.54, 1.807) is 36.4 Å². The van der Waals surface area contributed by atoms with E-state index in [1.807, 2.05) is 30.3 Å². The maximum Gasteiger partial charge on any atom is 0.244 e. The lowest BCUT2D eigenvalue weighted by Crippen LogP contribution is -2.53. The predicted octanol–water partition coefficient (Wildman–Crippen LogP) is 4.31. The van der Waals surface area contributed by atoms with Crippen LogP contribution in [0.2, 0.25) is 10.0 Å². The molecule has 0 radical (unpaired) electrons. The molecule has 1 N–H and O–H groups in total. The molecule has 0 aliphatic carbocycles. The van der Waals surface area contributed by atoms with Gasteiger partial charge in [-0.3, -0.25) is 13.9 Å². The molecular formula is C29H31Cl2N3O6S. The van der Waals surface area contributed by atoms with Crippen molar-refractivity contribution in [3.05, 3.63) is 87.9 Å². The monoisotopic (exact) mass is 619 g/mol. The fraction of sp³-hybridized carbons (Fsp3) is 0.310. The Kier molecular flexibility index (Phi) is 10.0. The molecule has 0 aromatic heterocycles. The number of ether oxygens (including phenoxy) is 2. The van der Waals surface area contributed by atoms with E-state index in [9.17, 15) is 18.0 Å². The molecule has 1 aliphatic heterocycles. The van der Waals surface area contributed by atoms with Crippen LogP contribution in [0, 0.1) is 0 Å². The second-order valence-corrected chi connectivity index (χ2v) is 12.3. The summed E-state index contributed by atoms with van der Waals surface area (Å²) in [7, 11) is -2.42. The second-order valence-electron chi connectivity index (χ2n) is 9.33. The molecular weight excluding hydrogens is 589 g/mol. The number of benzene rings is 3. The van der Waals surface area contributed by atoms with E-state index in [1.165, 1.54) is 18.9 Å². The van der Waals surface area contributed by atoms with E-state index in [-0.39, 0.29) is 24.4 Å². The van der Waals surface area contributed by atoms with Crippen molar-refractivity contribution in [1.82, 2.24) is 10.2 Å². The zero-order valence-corrected chi connectivity index (χ0v) is 25.0. The predicted molar refractivity (Wildman–Crippen MR) is 159 cm³/mol. The third-order valence-electron chi connectivity index (χ3n) is 6.65. The van der Waals surface area contributed by atoms with Crippen LogP contribution in [0.1, 0.15) is 18.1 Å². The lowest BCUT2D eigenvalue weighted by molar-refractivity contribution is -0.139. The number of likely N-dealkylation sites (N-methyl/N-ethyl adjacent to an activating group) is 1. The lowest BCUT2D eigenvalue weighted by atomic mass is 10.0. The fourth-order valence-electron chi connectivity index (χ4n) is 4.46. The standard InChI is InChI=1S/C29H31Cl2N3O6S/c1-3-41(37,38)34(22-10-12-26-27(17-22)40-14-13-39-26)19-28(35)33(18-21-9-11-23(30)24(31)15-21)25(29(36)32-2)16-20-7-5-4-6-8-20/h4-12,15,17,25H,3,13-14,16,18-19H2,1-2H3,(H,32,36)/t25-/m1/s1. The molecule has 3 aromatic rings. The molecule has 1 heterocycles. The van der Waals surface area contributed by atoms with Gasteiger partial charge in [-0.1, -0.05) is 59.6 Å². The van der Waals surface area contributed by atoms with Crippen molar-refractivity contribution in [3.63, 3.8) is 0 Å². The van der Waals surface area contributed by atoms with E-state index >= 15 is 0 Å². The minimum Gasteiger partial charge on any atom is -0.486 e. The van der Waals surface area contributed by atoms with Crippen molar-refractivity contribution >= 4 is 50.7 Å². The minimum absolute atomic E-state index is 0.0121. The number of hydrogen-bond acceptors (Lipinski definition) is 6. The Bertz CT molecular complexity index is 1500. The maximum absolute atomic E-state index is 14.1. The molecule has 218 valence electrons. The summed E-state index contributed by atoms with van der Waals surface area (Å²) < 4.78 is 38.8. The number of carbonyl (C=O) groups excluding carboxylic acids is 2. The number of sulfonamides is 1. The lowest BCUT2D eigenvalue weighted by Gasteiger charge is -2.33. The van der Waals surface area contributed by atoms with Crippen LogP contribution in [0.15, 0.2) is 66.7 Å². The molecule has 9 nitrogen and oxygen atoms in total. The average Bonchev–Trinajstić information content (AvgIpc) is 2.99. The maximum atomic E-state index is 14.1. The molecule has 1 aliphatic rings. The highest BCUT2D eigenvalue weighted by atomic mass is 35.5. The number of anilines is 1. The molecule has 12 heteroatoms. The Morgan fingerprint density at radius 1 is 0.927 bits per heavy atom. The van der Waals surface area contributed by atoms with Gasteiger partial charge in [0.05, 0.1) is 21.5 Å². The SMILES string of the molecule is CCS(=O)(=O)N(CC(=O)N(Cc1ccc(Cl)c(Cl)c1)[C@H](Cc1ccccc1)C(=O)NC)c1ccc2c(c1)OCCO2. The summed E-state index contributed by atoms with van der Waals surface area (Å²) in [5.74, 6) is -0.342. The summed E-state index contributed by atoms with van der Waals surface area (Å²) in [6.07, 6.45) is 0.206. The van der Waals surface area contributed by atoms with Gasteiger partial charge in [-0.05, 0) is 42.3 Å². The van der Waals surface area contributed by atoms with Crippen molar-refractivity contribution in [1.29, 1.82) is 0 Å². The highest BCUT2D eigenvalue weighted by Crippen LogP contribution is 2.35. The summed E-state index contributed by atoms with van der Waals surface area (Å²) in [4.78, 5) is 28.7. The van der Waals surface area contributed by atoms with Crippen LogP contribution in [0.5, 0.6) is 11.5 Å². The molecule has 41 heavy (non-hydrogen) atoms. The van der Waals surface area contributed by atoms with E-state index in [0.717, 1.165) is 9.87 Å². The number of fused-ring (bicyclic) bond motifs is 1. The van der Waals surface area contributed by atoms with E-state index in [0.29, 0.717) is 40.3 Å². The molecule has 0 spiro atoms. The summed E-state index contributed by atoms with van der Waals surface area (Å²) in [6.45, 7) is 1.65. The van der Waals surface area contributed by atoms with Gasteiger partial charge in [0, 0.05) is 26.1 Å². The third-order valence-corrected chi connectivity index (χ3v) is 9.13. The number of rotatable bonds is 11. The molecule has 1 atom stereocenters. The van der Waals surface area contributed by atoms with Crippen LogP contribution in [-0.2, 0) is 32.6 Å². The summed E-state index contributed by atoms with van der Waals surface area (Å²) >= 11 is 12.4.